The summed E-state index contributed by atoms with van der Waals surface area (Å²) in [7, 11) is 0. The van der Waals surface area contributed by atoms with E-state index in [0.717, 1.165) is 6.54 Å². The maximum Gasteiger partial charge on any atom is 0.0280 e. The molecule has 3 rings (SSSR count). The van der Waals surface area contributed by atoms with Gasteiger partial charge in [-0.2, -0.15) is 0 Å². The molecule has 0 radical (unpaired) electrons. The molecule has 2 fully saturated rings. The van der Waals surface area contributed by atoms with Crippen LogP contribution in [0.15, 0.2) is 30.3 Å². The molecule has 116 valence electrons. The first-order valence-corrected chi connectivity index (χ1v) is 8.47. The van der Waals surface area contributed by atoms with Crippen molar-refractivity contribution >= 4 is 0 Å². The topological polar surface area (TPSA) is 18.5 Å². The Morgan fingerprint density at radius 1 is 1.00 bits per heavy atom. The van der Waals surface area contributed by atoms with E-state index in [4.69, 9.17) is 0 Å². The fourth-order valence-corrected chi connectivity index (χ4v) is 3.69. The van der Waals surface area contributed by atoms with Gasteiger partial charge in [0.15, 0.2) is 0 Å². The van der Waals surface area contributed by atoms with E-state index in [0.29, 0.717) is 5.54 Å². The normalized spacial score (nSPS) is 28.6. The smallest absolute Gasteiger partial charge is 0.0280 e. The minimum atomic E-state index is 0.347. The summed E-state index contributed by atoms with van der Waals surface area (Å²) in [5.74, 6) is 0. The SMILES string of the molecule is CC1(CN2CCN(Cc3ccccc3)CC2)CCCCN1. The highest BCUT2D eigenvalue weighted by molar-refractivity contribution is 5.14. The summed E-state index contributed by atoms with van der Waals surface area (Å²) in [5.41, 5.74) is 1.78. The third-order valence-electron chi connectivity index (χ3n) is 4.99. The molecule has 0 bridgehead atoms. The molecule has 2 aliphatic rings. The van der Waals surface area contributed by atoms with Crippen LogP contribution >= 0.6 is 0 Å². The van der Waals surface area contributed by atoms with Crippen LogP contribution in [0.5, 0.6) is 0 Å². The Bertz CT molecular complexity index is 417. The summed E-state index contributed by atoms with van der Waals surface area (Å²) < 4.78 is 0. The van der Waals surface area contributed by atoms with Gasteiger partial charge in [-0.3, -0.25) is 9.80 Å². The summed E-state index contributed by atoms with van der Waals surface area (Å²) >= 11 is 0. The molecule has 1 unspecified atom stereocenters. The molecule has 0 amide bonds. The summed E-state index contributed by atoms with van der Waals surface area (Å²) in [5, 5.41) is 3.74. The molecule has 0 spiro atoms. The zero-order chi connectivity index (χ0) is 14.5. The van der Waals surface area contributed by atoms with Crippen LogP contribution in [0.2, 0.25) is 0 Å². The number of benzene rings is 1. The first-order chi connectivity index (χ1) is 10.2. The molecular formula is C18H29N3. The van der Waals surface area contributed by atoms with Crippen LogP contribution in [0.4, 0.5) is 0 Å². The van der Waals surface area contributed by atoms with E-state index < -0.39 is 0 Å². The fraction of sp³-hybridized carbons (Fsp3) is 0.667. The van der Waals surface area contributed by atoms with Crippen molar-refractivity contribution in [3.8, 4) is 0 Å². The lowest BCUT2D eigenvalue weighted by atomic mass is 9.90. The lowest BCUT2D eigenvalue weighted by Crippen LogP contribution is -2.57. The minimum absolute atomic E-state index is 0.347. The highest BCUT2D eigenvalue weighted by Crippen LogP contribution is 2.20. The molecule has 2 heterocycles. The van der Waals surface area contributed by atoms with Gasteiger partial charge in [0.1, 0.15) is 0 Å². The van der Waals surface area contributed by atoms with E-state index in [2.05, 4.69) is 52.4 Å². The van der Waals surface area contributed by atoms with E-state index in [1.807, 2.05) is 0 Å². The van der Waals surface area contributed by atoms with Crippen molar-refractivity contribution in [1.29, 1.82) is 0 Å². The van der Waals surface area contributed by atoms with Crippen LogP contribution < -0.4 is 5.32 Å². The number of hydrogen-bond acceptors (Lipinski definition) is 3. The maximum atomic E-state index is 3.74. The molecule has 3 heteroatoms. The lowest BCUT2D eigenvalue weighted by molar-refractivity contribution is 0.0918. The van der Waals surface area contributed by atoms with Gasteiger partial charge in [-0.1, -0.05) is 36.8 Å². The molecule has 0 aromatic heterocycles. The van der Waals surface area contributed by atoms with Crippen molar-refractivity contribution in [3.05, 3.63) is 35.9 Å². The number of nitrogens with zero attached hydrogens (tertiary/aromatic N) is 2. The molecule has 2 aliphatic heterocycles. The molecule has 2 saturated heterocycles. The average molecular weight is 287 g/mol. The molecule has 0 aliphatic carbocycles. The van der Waals surface area contributed by atoms with Gasteiger partial charge in [0.05, 0.1) is 0 Å². The Labute approximate surface area is 129 Å². The van der Waals surface area contributed by atoms with Gasteiger partial charge in [0.2, 0.25) is 0 Å². The quantitative estimate of drug-likeness (QED) is 0.917. The summed E-state index contributed by atoms with van der Waals surface area (Å²) in [4.78, 5) is 5.24. The average Bonchev–Trinajstić information content (AvgIpc) is 2.51. The first-order valence-electron chi connectivity index (χ1n) is 8.47. The maximum absolute atomic E-state index is 3.74. The van der Waals surface area contributed by atoms with Crippen molar-refractivity contribution in [1.82, 2.24) is 15.1 Å². The van der Waals surface area contributed by atoms with E-state index in [9.17, 15) is 0 Å². The standard InChI is InChI=1S/C18H29N3/c1-18(9-5-6-10-19-18)16-21-13-11-20(12-14-21)15-17-7-3-2-4-8-17/h2-4,7-8,19H,5-6,9-16H2,1H3. The van der Waals surface area contributed by atoms with Gasteiger partial charge in [0, 0.05) is 44.8 Å². The van der Waals surface area contributed by atoms with E-state index in [-0.39, 0.29) is 0 Å². The van der Waals surface area contributed by atoms with Gasteiger partial charge in [-0.25, -0.2) is 0 Å². The largest absolute Gasteiger partial charge is 0.310 e. The van der Waals surface area contributed by atoms with Gasteiger partial charge < -0.3 is 5.32 Å². The van der Waals surface area contributed by atoms with E-state index in [1.165, 1.54) is 64.1 Å². The van der Waals surface area contributed by atoms with Crippen LogP contribution in [-0.4, -0.2) is 54.6 Å². The van der Waals surface area contributed by atoms with Crippen molar-refractivity contribution in [3.63, 3.8) is 0 Å². The molecule has 1 aromatic carbocycles. The zero-order valence-corrected chi connectivity index (χ0v) is 13.4. The van der Waals surface area contributed by atoms with Gasteiger partial charge >= 0.3 is 0 Å². The third kappa shape index (κ3) is 4.29. The van der Waals surface area contributed by atoms with Gasteiger partial charge in [0.25, 0.3) is 0 Å². The summed E-state index contributed by atoms with van der Waals surface area (Å²) in [6.45, 7) is 10.7. The second-order valence-corrected chi connectivity index (χ2v) is 6.98. The predicted octanol–water partition coefficient (Wildman–Crippen LogP) is 2.34. The van der Waals surface area contributed by atoms with Crippen LogP contribution in [0.1, 0.15) is 31.7 Å². The molecule has 1 aromatic rings. The number of piperazine rings is 1. The van der Waals surface area contributed by atoms with Crippen molar-refractivity contribution in [2.45, 2.75) is 38.3 Å². The lowest BCUT2D eigenvalue weighted by Gasteiger charge is -2.42. The Kier molecular flexibility index (Phi) is 4.94. The number of piperidine rings is 1. The second kappa shape index (κ2) is 6.91. The van der Waals surface area contributed by atoms with Gasteiger partial charge in [-0.15, -0.1) is 0 Å². The Hall–Kier alpha value is -0.900. The van der Waals surface area contributed by atoms with Gasteiger partial charge in [-0.05, 0) is 31.9 Å². The fourth-order valence-electron chi connectivity index (χ4n) is 3.69. The first kappa shape index (κ1) is 15.0. The Balaban J connectivity index is 1.44. The number of rotatable bonds is 4. The predicted molar refractivity (Wildman–Crippen MR) is 88.4 cm³/mol. The van der Waals surface area contributed by atoms with Crippen LogP contribution in [0.3, 0.4) is 0 Å². The summed E-state index contributed by atoms with van der Waals surface area (Å²) in [6, 6.07) is 10.8. The Morgan fingerprint density at radius 2 is 1.71 bits per heavy atom. The molecule has 0 saturated carbocycles. The van der Waals surface area contributed by atoms with Crippen LogP contribution in [0.25, 0.3) is 0 Å². The molecular weight excluding hydrogens is 258 g/mol. The molecule has 1 N–H and O–H groups in total. The molecule has 3 nitrogen and oxygen atoms in total. The highest BCUT2D eigenvalue weighted by atomic mass is 15.3. The van der Waals surface area contributed by atoms with Crippen LogP contribution in [-0.2, 0) is 6.54 Å². The van der Waals surface area contributed by atoms with E-state index in [1.54, 1.807) is 0 Å². The Morgan fingerprint density at radius 3 is 2.38 bits per heavy atom. The highest BCUT2D eigenvalue weighted by Gasteiger charge is 2.29. The zero-order valence-electron chi connectivity index (χ0n) is 13.4. The van der Waals surface area contributed by atoms with E-state index >= 15 is 0 Å². The van der Waals surface area contributed by atoms with Crippen molar-refractivity contribution < 1.29 is 0 Å². The number of hydrogen-bond donors (Lipinski definition) is 1. The van der Waals surface area contributed by atoms with Crippen molar-refractivity contribution in [2.24, 2.45) is 0 Å². The van der Waals surface area contributed by atoms with Crippen molar-refractivity contribution in [2.75, 3.05) is 39.3 Å². The van der Waals surface area contributed by atoms with Crippen LogP contribution in [0, 0.1) is 0 Å². The third-order valence-corrected chi connectivity index (χ3v) is 4.99. The number of nitrogens with one attached hydrogen (secondary N) is 1. The minimum Gasteiger partial charge on any atom is -0.310 e. The molecule has 21 heavy (non-hydrogen) atoms. The molecule has 1 atom stereocenters. The summed E-state index contributed by atoms with van der Waals surface area (Å²) in [6.07, 6.45) is 4.06. The second-order valence-electron chi connectivity index (χ2n) is 6.98. The monoisotopic (exact) mass is 287 g/mol.